The average Bonchev–Trinajstić information content (AvgIpc) is 2.01. The molecule has 0 atom stereocenters. The van der Waals surface area contributed by atoms with Crippen LogP contribution in [0.5, 0.6) is 0 Å². The van der Waals surface area contributed by atoms with Crippen molar-refractivity contribution >= 4 is 21.7 Å². The summed E-state index contributed by atoms with van der Waals surface area (Å²) in [5.74, 6) is -0.825. The van der Waals surface area contributed by atoms with Gasteiger partial charge in [0.05, 0.1) is 0 Å². The molecule has 0 aliphatic carbocycles. The van der Waals surface area contributed by atoms with E-state index in [1.165, 1.54) is 12.1 Å². The van der Waals surface area contributed by atoms with Crippen LogP contribution in [-0.2, 0) is 0 Å². The molecular formula is C8H7BrO. The van der Waals surface area contributed by atoms with Crippen LogP contribution in [0.3, 0.4) is 0 Å². The highest BCUT2D eigenvalue weighted by atomic mass is 79.9. The number of halogens is 1. The van der Waals surface area contributed by atoms with E-state index < -0.39 is 12.6 Å². The fourth-order valence-electron chi connectivity index (χ4n) is 0.630. The minimum absolute atomic E-state index is 0.203. The van der Waals surface area contributed by atoms with Crippen molar-refractivity contribution in [3.05, 3.63) is 34.3 Å². The zero-order valence-electron chi connectivity index (χ0n) is 8.10. The summed E-state index contributed by atoms with van der Waals surface area (Å²) in [6.45, 7) is -2.55. The third kappa shape index (κ3) is 1.67. The molecule has 1 nitrogen and oxygen atoms in total. The van der Waals surface area contributed by atoms with Gasteiger partial charge in [0.1, 0.15) is 0 Å². The molecule has 0 unspecified atom stereocenters. The van der Waals surface area contributed by atoms with Crippen LogP contribution in [0.15, 0.2) is 28.7 Å². The molecule has 0 saturated heterocycles. The molecule has 0 heterocycles. The molecule has 0 amide bonds. The van der Waals surface area contributed by atoms with Gasteiger partial charge in [0, 0.05) is 14.1 Å². The molecular weight excluding hydrogens is 192 g/mol. The Morgan fingerprint density at radius 1 is 1.70 bits per heavy atom. The van der Waals surface area contributed by atoms with Gasteiger partial charge in [0.15, 0.2) is 5.78 Å². The molecule has 0 aromatic heterocycles. The number of benzene rings is 1. The SMILES string of the molecule is [2H]C([2H])([2H])C(=O)c1cccc(Br)c1. The van der Waals surface area contributed by atoms with Crippen LogP contribution in [0.25, 0.3) is 0 Å². The van der Waals surface area contributed by atoms with E-state index in [-0.39, 0.29) is 5.56 Å². The number of ketones is 1. The lowest BCUT2D eigenvalue weighted by Gasteiger charge is -1.93. The number of Topliss-reactive ketones (excluding diaryl/α,β-unsaturated/α-hetero) is 1. The van der Waals surface area contributed by atoms with Crippen LogP contribution in [0.4, 0.5) is 0 Å². The normalized spacial score (nSPS) is 15.1. The van der Waals surface area contributed by atoms with Crippen molar-refractivity contribution in [1.29, 1.82) is 0 Å². The molecule has 1 rings (SSSR count). The van der Waals surface area contributed by atoms with Gasteiger partial charge in [-0.2, -0.15) is 0 Å². The molecule has 1 aromatic rings. The molecule has 0 aliphatic rings. The molecule has 0 N–H and O–H groups in total. The van der Waals surface area contributed by atoms with E-state index in [0.717, 1.165) is 0 Å². The first-order valence-corrected chi connectivity index (χ1v) is 3.51. The van der Waals surface area contributed by atoms with E-state index in [2.05, 4.69) is 15.9 Å². The van der Waals surface area contributed by atoms with Crippen molar-refractivity contribution in [2.75, 3.05) is 0 Å². The third-order valence-corrected chi connectivity index (χ3v) is 1.58. The Morgan fingerprint density at radius 2 is 2.50 bits per heavy atom. The summed E-state index contributed by atoms with van der Waals surface area (Å²) in [7, 11) is 0. The van der Waals surface area contributed by atoms with E-state index >= 15 is 0 Å². The van der Waals surface area contributed by atoms with Crippen LogP contribution >= 0.6 is 15.9 Å². The van der Waals surface area contributed by atoms with Crippen molar-refractivity contribution in [2.24, 2.45) is 0 Å². The lowest BCUT2D eigenvalue weighted by atomic mass is 10.2. The summed E-state index contributed by atoms with van der Waals surface area (Å²) in [6.07, 6.45) is 0. The lowest BCUT2D eigenvalue weighted by Crippen LogP contribution is -1.89. The quantitative estimate of drug-likeness (QED) is 0.639. The second-order valence-corrected chi connectivity index (χ2v) is 2.76. The van der Waals surface area contributed by atoms with Crippen LogP contribution in [0.2, 0.25) is 0 Å². The summed E-state index contributed by atoms with van der Waals surface area (Å²) in [5, 5.41) is 0. The molecule has 10 heavy (non-hydrogen) atoms. The van der Waals surface area contributed by atoms with Crippen LogP contribution in [0.1, 0.15) is 21.3 Å². The topological polar surface area (TPSA) is 17.1 Å². The van der Waals surface area contributed by atoms with Crippen molar-refractivity contribution in [2.45, 2.75) is 6.85 Å². The second kappa shape index (κ2) is 2.97. The third-order valence-electron chi connectivity index (χ3n) is 1.09. The van der Waals surface area contributed by atoms with Gasteiger partial charge in [-0.25, -0.2) is 0 Å². The maximum atomic E-state index is 11.2. The maximum Gasteiger partial charge on any atom is 0.159 e. The predicted octanol–water partition coefficient (Wildman–Crippen LogP) is 2.65. The van der Waals surface area contributed by atoms with Crippen molar-refractivity contribution in [3.8, 4) is 0 Å². The Morgan fingerprint density at radius 3 is 3.10 bits per heavy atom. The molecule has 52 valence electrons. The summed E-state index contributed by atoms with van der Waals surface area (Å²) in [5.41, 5.74) is 0.203. The summed E-state index contributed by atoms with van der Waals surface area (Å²) >= 11 is 3.16. The maximum absolute atomic E-state index is 11.2. The van der Waals surface area contributed by atoms with E-state index in [1.807, 2.05) is 0 Å². The van der Waals surface area contributed by atoms with Crippen molar-refractivity contribution in [1.82, 2.24) is 0 Å². The molecule has 2 heteroatoms. The highest BCUT2D eigenvalue weighted by Gasteiger charge is 1.96. The van der Waals surface area contributed by atoms with Gasteiger partial charge in [0.2, 0.25) is 0 Å². The Balaban J connectivity index is 3.03. The van der Waals surface area contributed by atoms with Crippen LogP contribution in [0, 0.1) is 0 Å². The number of carbonyl (C=O) groups excluding carboxylic acids is 1. The molecule has 0 saturated carbocycles. The Kier molecular flexibility index (Phi) is 1.27. The van der Waals surface area contributed by atoms with Gasteiger partial charge in [-0.1, -0.05) is 28.1 Å². The summed E-state index contributed by atoms with van der Waals surface area (Å²) < 4.78 is 21.4. The molecule has 0 spiro atoms. The number of rotatable bonds is 1. The van der Waals surface area contributed by atoms with E-state index in [1.54, 1.807) is 12.1 Å². The minimum Gasteiger partial charge on any atom is -0.295 e. The highest BCUT2D eigenvalue weighted by molar-refractivity contribution is 9.10. The Hall–Kier alpha value is -0.630. The van der Waals surface area contributed by atoms with E-state index in [0.29, 0.717) is 4.47 Å². The highest BCUT2D eigenvalue weighted by Crippen LogP contribution is 2.11. The predicted molar refractivity (Wildman–Crippen MR) is 44.1 cm³/mol. The van der Waals surface area contributed by atoms with Gasteiger partial charge in [-0.15, -0.1) is 0 Å². The number of hydrogen-bond acceptors (Lipinski definition) is 1. The van der Waals surface area contributed by atoms with Crippen LogP contribution in [-0.4, -0.2) is 5.78 Å². The second-order valence-electron chi connectivity index (χ2n) is 1.84. The molecule has 0 bridgehead atoms. The minimum atomic E-state index is -2.55. The smallest absolute Gasteiger partial charge is 0.159 e. The summed E-state index contributed by atoms with van der Waals surface area (Å²) in [4.78, 5) is 11.2. The molecule has 0 aliphatic heterocycles. The first kappa shape index (κ1) is 4.29. The number of carbonyl (C=O) groups is 1. The van der Waals surface area contributed by atoms with Gasteiger partial charge >= 0.3 is 0 Å². The largest absolute Gasteiger partial charge is 0.295 e. The zero-order valence-corrected chi connectivity index (χ0v) is 6.68. The molecule has 1 aromatic carbocycles. The Bertz CT molecular complexity index is 332. The lowest BCUT2D eigenvalue weighted by molar-refractivity contribution is 0.101. The van der Waals surface area contributed by atoms with E-state index in [9.17, 15) is 4.79 Å². The van der Waals surface area contributed by atoms with Gasteiger partial charge < -0.3 is 0 Å². The number of hydrogen-bond donors (Lipinski definition) is 0. The monoisotopic (exact) mass is 201 g/mol. The first-order valence-electron chi connectivity index (χ1n) is 4.21. The molecule has 0 radical (unpaired) electrons. The fourth-order valence-corrected chi connectivity index (χ4v) is 1.03. The Labute approximate surface area is 72.4 Å². The van der Waals surface area contributed by atoms with Crippen molar-refractivity contribution in [3.63, 3.8) is 0 Å². The zero-order chi connectivity index (χ0) is 10.1. The van der Waals surface area contributed by atoms with Crippen molar-refractivity contribution < 1.29 is 8.91 Å². The fraction of sp³-hybridized carbons (Fsp3) is 0.125. The van der Waals surface area contributed by atoms with Crippen LogP contribution < -0.4 is 0 Å². The van der Waals surface area contributed by atoms with E-state index in [4.69, 9.17) is 4.11 Å². The van der Waals surface area contributed by atoms with Gasteiger partial charge in [-0.05, 0) is 19.0 Å². The molecule has 0 fully saturated rings. The standard InChI is InChI=1S/C8H7BrO/c1-6(10)7-3-2-4-8(9)5-7/h2-5H,1H3/i1D3. The summed E-state index contributed by atoms with van der Waals surface area (Å²) in [6, 6.07) is 6.34. The van der Waals surface area contributed by atoms with Gasteiger partial charge in [0.25, 0.3) is 0 Å². The average molecular weight is 202 g/mol. The van der Waals surface area contributed by atoms with Gasteiger partial charge in [-0.3, -0.25) is 4.79 Å². The first-order chi connectivity index (χ1) is 5.91.